The third-order valence-corrected chi connectivity index (χ3v) is 5.33. The first-order valence-corrected chi connectivity index (χ1v) is 8.90. The van der Waals surface area contributed by atoms with E-state index in [-0.39, 0.29) is 18.0 Å². The Morgan fingerprint density at radius 2 is 1.96 bits per heavy atom. The van der Waals surface area contributed by atoms with Crippen molar-refractivity contribution < 1.29 is 4.79 Å². The smallest absolute Gasteiger partial charge is 0.237 e. The molecular formula is C21H24N2O. The topological polar surface area (TPSA) is 41.1 Å². The van der Waals surface area contributed by atoms with Gasteiger partial charge in [0.2, 0.25) is 5.91 Å². The van der Waals surface area contributed by atoms with Crippen molar-refractivity contribution >= 4 is 5.91 Å². The highest BCUT2D eigenvalue weighted by molar-refractivity contribution is 5.83. The van der Waals surface area contributed by atoms with Crippen LogP contribution in [0.5, 0.6) is 0 Å². The van der Waals surface area contributed by atoms with Gasteiger partial charge in [0, 0.05) is 6.54 Å². The number of amides is 1. The fraction of sp³-hybridized carbons (Fsp3) is 0.381. The molecule has 0 bridgehead atoms. The molecule has 4 rings (SSSR count). The van der Waals surface area contributed by atoms with Gasteiger partial charge in [-0.15, -0.1) is 0 Å². The molecule has 1 aliphatic heterocycles. The minimum atomic E-state index is -0.130. The first-order chi connectivity index (χ1) is 11.7. The van der Waals surface area contributed by atoms with E-state index in [9.17, 15) is 4.79 Å². The van der Waals surface area contributed by atoms with Crippen LogP contribution in [0.15, 0.2) is 42.5 Å². The van der Waals surface area contributed by atoms with Crippen molar-refractivity contribution in [3.05, 3.63) is 70.3 Å². The molecule has 2 aromatic carbocycles. The second kappa shape index (κ2) is 6.40. The summed E-state index contributed by atoms with van der Waals surface area (Å²) in [7, 11) is 0. The largest absolute Gasteiger partial charge is 0.348 e. The van der Waals surface area contributed by atoms with Crippen LogP contribution >= 0.6 is 0 Å². The van der Waals surface area contributed by atoms with Gasteiger partial charge in [0.25, 0.3) is 0 Å². The van der Waals surface area contributed by atoms with Gasteiger partial charge in [-0.05, 0) is 54.9 Å². The molecule has 0 radical (unpaired) electrons. The number of benzene rings is 2. The maximum absolute atomic E-state index is 12.8. The zero-order chi connectivity index (χ0) is 16.5. The van der Waals surface area contributed by atoms with Gasteiger partial charge < -0.3 is 10.6 Å². The molecule has 0 aromatic heterocycles. The molecule has 2 aliphatic rings. The molecule has 2 unspecified atom stereocenters. The maximum atomic E-state index is 12.8. The van der Waals surface area contributed by atoms with Crippen LogP contribution in [0.3, 0.4) is 0 Å². The third-order valence-electron chi connectivity index (χ3n) is 5.33. The minimum Gasteiger partial charge on any atom is -0.348 e. The zero-order valence-electron chi connectivity index (χ0n) is 14.1. The van der Waals surface area contributed by atoms with Crippen molar-refractivity contribution in [1.29, 1.82) is 0 Å². The number of nitrogens with one attached hydrogen (secondary N) is 2. The molecule has 3 nitrogen and oxygen atoms in total. The average Bonchev–Trinajstić information content (AvgIpc) is 2.62. The van der Waals surface area contributed by atoms with Crippen molar-refractivity contribution in [1.82, 2.24) is 10.6 Å². The summed E-state index contributed by atoms with van der Waals surface area (Å²) < 4.78 is 0. The number of hydrogen-bond donors (Lipinski definition) is 2. The van der Waals surface area contributed by atoms with Crippen molar-refractivity contribution in [3.8, 4) is 0 Å². The van der Waals surface area contributed by atoms with Crippen molar-refractivity contribution in [2.24, 2.45) is 0 Å². The van der Waals surface area contributed by atoms with Crippen LogP contribution in [0.4, 0.5) is 0 Å². The first-order valence-electron chi connectivity index (χ1n) is 8.90. The summed E-state index contributed by atoms with van der Waals surface area (Å²) >= 11 is 0. The highest BCUT2D eigenvalue weighted by Crippen LogP contribution is 2.30. The molecule has 0 saturated carbocycles. The van der Waals surface area contributed by atoms with Crippen molar-refractivity contribution in [2.45, 2.75) is 51.2 Å². The third kappa shape index (κ3) is 2.96. The highest BCUT2D eigenvalue weighted by Gasteiger charge is 2.28. The lowest BCUT2D eigenvalue weighted by molar-refractivity contribution is -0.124. The summed E-state index contributed by atoms with van der Waals surface area (Å²) in [6, 6.07) is 15.0. The van der Waals surface area contributed by atoms with Gasteiger partial charge in [-0.25, -0.2) is 0 Å². The quantitative estimate of drug-likeness (QED) is 0.892. The Morgan fingerprint density at radius 1 is 1.12 bits per heavy atom. The van der Waals surface area contributed by atoms with Crippen LogP contribution in [0.1, 0.15) is 46.7 Å². The number of carbonyl (C=O) groups excluding carboxylic acids is 1. The van der Waals surface area contributed by atoms with E-state index in [1.807, 2.05) is 0 Å². The van der Waals surface area contributed by atoms with Crippen LogP contribution in [-0.2, 0) is 24.2 Å². The van der Waals surface area contributed by atoms with Gasteiger partial charge in [0.15, 0.2) is 0 Å². The summed E-state index contributed by atoms with van der Waals surface area (Å²) in [6.07, 6.45) is 4.07. The lowest BCUT2D eigenvalue weighted by Crippen LogP contribution is -2.48. The lowest BCUT2D eigenvalue weighted by atomic mass is 9.86. The van der Waals surface area contributed by atoms with Gasteiger partial charge in [-0.1, -0.05) is 48.0 Å². The van der Waals surface area contributed by atoms with Crippen LogP contribution in [-0.4, -0.2) is 11.9 Å². The standard InChI is InChI=1S/C21H24N2O/c1-14-9-10-15-7-4-8-19(18(15)11-14)23-21(24)20-12-16-5-2-3-6-17(16)13-22-20/h2-3,5-6,9-11,19-20,22H,4,7-8,12-13H2,1H3,(H,23,24). The Morgan fingerprint density at radius 3 is 2.83 bits per heavy atom. The Bertz CT molecular complexity index is 768. The van der Waals surface area contributed by atoms with Crippen LogP contribution in [0.25, 0.3) is 0 Å². The highest BCUT2D eigenvalue weighted by atomic mass is 16.2. The van der Waals surface area contributed by atoms with Gasteiger partial charge in [-0.2, -0.15) is 0 Å². The monoisotopic (exact) mass is 320 g/mol. The predicted octanol–water partition coefficient (Wildman–Crippen LogP) is 3.20. The van der Waals surface area contributed by atoms with Crippen LogP contribution in [0, 0.1) is 6.92 Å². The fourth-order valence-corrected chi connectivity index (χ4v) is 3.98. The Labute approximate surface area is 143 Å². The van der Waals surface area contributed by atoms with E-state index >= 15 is 0 Å². The molecule has 1 aliphatic carbocycles. The summed E-state index contributed by atoms with van der Waals surface area (Å²) in [4.78, 5) is 12.8. The molecule has 2 atom stereocenters. The molecule has 0 saturated heterocycles. The first kappa shape index (κ1) is 15.4. The second-order valence-electron chi connectivity index (χ2n) is 7.06. The summed E-state index contributed by atoms with van der Waals surface area (Å²) in [5, 5.41) is 6.69. The molecule has 0 spiro atoms. The normalized spacial score (nSPS) is 22.4. The average molecular weight is 320 g/mol. The second-order valence-corrected chi connectivity index (χ2v) is 7.06. The summed E-state index contributed by atoms with van der Waals surface area (Å²) in [5.41, 5.74) is 6.56. The van der Waals surface area contributed by atoms with Gasteiger partial charge in [-0.3, -0.25) is 4.79 Å². The van der Waals surface area contributed by atoms with Crippen LogP contribution in [0.2, 0.25) is 0 Å². The number of hydrogen-bond acceptors (Lipinski definition) is 2. The number of aryl methyl sites for hydroxylation is 2. The summed E-state index contributed by atoms with van der Waals surface area (Å²) in [6.45, 7) is 2.89. The SMILES string of the molecule is Cc1ccc2c(c1)C(NC(=O)C1Cc3ccccc3CN1)CCC2. The Kier molecular flexibility index (Phi) is 4.11. The molecule has 0 fully saturated rings. The Hall–Kier alpha value is -2.13. The van der Waals surface area contributed by atoms with E-state index in [1.54, 1.807) is 0 Å². The molecule has 3 heteroatoms. The van der Waals surface area contributed by atoms with Crippen molar-refractivity contribution in [2.75, 3.05) is 0 Å². The van der Waals surface area contributed by atoms with Gasteiger partial charge >= 0.3 is 0 Å². The van der Waals surface area contributed by atoms with Crippen molar-refractivity contribution in [3.63, 3.8) is 0 Å². The maximum Gasteiger partial charge on any atom is 0.237 e. The Balaban J connectivity index is 1.49. The van der Waals surface area contributed by atoms with Gasteiger partial charge in [0.1, 0.15) is 0 Å². The van der Waals surface area contributed by atoms with E-state index in [0.717, 1.165) is 32.2 Å². The lowest BCUT2D eigenvalue weighted by Gasteiger charge is -2.30. The molecule has 2 N–H and O–H groups in total. The minimum absolute atomic E-state index is 0.129. The number of carbonyl (C=O) groups is 1. The van der Waals surface area contributed by atoms with E-state index in [2.05, 4.69) is 60.0 Å². The van der Waals surface area contributed by atoms with E-state index in [0.29, 0.717) is 0 Å². The molecule has 1 amide bonds. The summed E-state index contributed by atoms with van der Waals surface area (Å²) in [5.74, 6) is 0.129. The predicted molar refractivity (Wildman–Crippen MR) is 95.8 cm³/mol. The molecular weight excluding hydrogens is 296 g/mol. The van der Waals surface area contributed by atoms with Crippen LogP contribution < -0.4 is 10.6 Å². The molecule has 1 heterocycles. The fourth-order valence-electron chi connectivity index (χ4n) is 3.98. The van der Waals surface area contributed by atoms with E-state index in [4.69, 9.17) is 0 Å². The molecule has 24 heavy (non-hydrogen) atoms. The zero-order valence-corrected chi connectivity index (χ0v) is 14.1. The van der Waals surface area contributed by atoms with E-state index in [1.165, 1.54) is 27.8 Å². The van der Waals surface area contributed by atoms with Gasteiger partial charge in [0.05, 0.1) is 12.1 Å². The number of fused-ring (bicyclic) bond motifs is 2. The molecule has 2 aromatic rings. The number of rotatable bonds is 2. The van der Waals surface area contributed by atoms with E-state index < -0.39 is 0 Å². The molecule has 124 valence electrons.